The van der Waals surface area contributed by atoms with Gasteiger partial charge in [0.05, 0.1) is 6.10 Å². The number of rotatable bonds is 3. The minimum absolute atomic E-state index is 0.154. The number of aliphatic hydroxyl groups is 1. The van der Waals surface area contributed by atoms with Crippen LogP contribution in [0.15, 0.2) is 17.5 Å². The van der Waals surface area contributed by atoms with E-state index in [4.69, 9.17) is 0 Å². The van der Waals surface area contributed by atoms with Crippen LogP contribution >= 0.6 is 11.3 Å². The molecular formula is C10H18OS. The third kappa shape index (κ3) is 4.52. The highest BCUT2D eigenvalue weighted by atomic mass is 32.1. The minimum atomic E-state index is -0.154. The highest BCUT2D eigenvalue weighted by Gasteiger charge is 2.01. The average Bonchev–Trinajstić information content (AvgIpc) is 2.60. The monoisotopic (exact) mass is 186 g/mol. The summed E-state index contributed by atoms with van der Waals surface area (Å²) in [5.74, 6) is 0. The molecule has 0 fully saturated rings. The molecule has 0 radical (unpaired) electrons. The van der Waals surface area contributed by atoms with Crippen molar-refractivity contribution in [1.82, 2.24) is 0 Å². The Morgan fingerprint density at radius 1 is 1.50 bits per heavy atom. The van der Waals surface area contributed by atoms with Gasteiger partial charge in [0.2, 0.25) is 0 Å². The van der Waals surface area contributed by atoms with Crippen molar-refractivity contribution in [2.45, 2.75) is 39.7 Å². The molecule has 0 aromatic carbocycles. The van der Waals surface area contributed by atoms with Crippen molar-refractivity contribution in [2.24, 2.45) is 0 Å². The van der Waals surface area contributed by atoms with E-state index in [1.165, 1.54) is 4.88 Å². The molecule has 0 amide bonds. The molecule has 12 heavy (non-hydrogen) atoms. The van der Waals surface area contributed by atoms with Crippen LogP contribution < -0.4 is 0 Å². The summed E-state index contributed by atoms with van der Waals surface area (Å²) >= 11 is 1.71. The smallest absolute Gasteiger partial charge is 0.0585 e. The molecule has 0 saturated heterocycles. The van der Waals surface area contributed by atoms with Crippen LogP contribution in [0.4, 0.5) is 0 Å². The van der Waals surface area contributed by atoms with Crippen LogP contribution in [0.1, 0.15) is 32.1 Å². The summed E-state index contributed by atoms with van der Waals surface area (Å²) < 4.78 is 0. The lowest BCUT2D eigenvalue weighted by Gasteiger charge is -2.03. The lowest BCUT2D eigenvalue weighted by molar-refractivity contribution is 0.171. The van der Waals surface area contributed by atoms with E-state index in [-0.39, 0.29) is 6.10 Å². The Labute approximate surface area is 79.1 Å². The topological polar surface area (TPSA) is 20.2 Å². The largest absolute Gasteiger partial charge is 0.393 e. The normalized spacial score (nSPS) is 11.7. The summed E-state index contributed by atoms with van der Waals surface area (Å²) in [6.45, 7) is 6.00. The van der Waals surface area contributed by atoms with Gasteiger partial charge in [-0.05, 0) is 17.9 Å². The van der Waals surface area contributed by atoms with Crippen molar-refractivity contribution in [3.05, 3.63) is 22.4 Å². The van der Waals surface area contributed by atoms with E-state index in [2.05, 4.69) is 6.07 Å². The highest BCUT2D eigenvalue weighted by molar-refractivity contribution is 7.09. The van der Waals surface area contributed by atoms with E-state index >= 15 is 0 Å². The quantitative estimate of drug-likeness (QED) is 0.769. The average molecular weight is 186 g/mol. The lowest BCUT2D eigenvalue weighted by atomic mass is 10.2. The Morgan fingerprint density at radius 2 is 2.17 bits per heavy atom. The third-order valence-electron chi connectivity index (χ3n) is 1.49. The van der Waals surface area contributed by atoms with Crippen LogP contribution in [0, 0.1) is 0 Å². The maximum atomic E-state index is 9.24. The number of hydrogen-bond donors (Lipinski definition) is 1. The molecule has 1 nitrogen and oxygen atoms in total. The molecule has 1 aromatic heterocycles. The summed E-state index contributed by atoms with van der Waals surface area (Å²) in [6, 6.07) is 4.08. The van der Waals surface area contributed by atoms with Crippen molar-refractivity contribution in [3.8, 4) is 0 Å². The first kappa shape index (κ1) is 11.7. The molecule has 1 aromatic rings. The summed E-state index contributed by atoms with van der Waals surface area (Å²) in [4.78, 5) is 1.27. The fraction of sp³-hybridized carbons (Fsp3) is 0.600. The zero-order valence-corrected chi connectivity index (χ0v) is 8.90. The molecule has 0 aliphatic rings. The van der Waals surface area contributed by atoms with E-state index in [1.54, 1.807) is 11.3 Å². The van der Waals surface area contributed by atoms with Gasteiger partial charge < -0.3 is 5.11 Å². The molecule has 2 heteroatoms. The van der Waals surface area contributed by atoms with Gasteiger partial charge in [0.15, 0.2) is 0 Å². The van der Waals surface area contributed by atoms with E-state index in [0.29, 0.717) is 0 Å². The van der Waals surface area contributed by atoms with E-state index in [0.717, 1.165) is 12.8 Å². The van der Waals surface area contributed by atoms with Crippen molar-refractivity contribution in [3.63, 3.8) is 0 Å². The summed E-state index contributed by atoms with van der Waals surface area (Å²) in [7, 11) is 0. The number of thiophene rings is 1. The number of aliphatic hydroxyl groups excluding tert-OH is 1. The maximum Gasteiger partial charge on any atom is 0.0585 e. The Hall–Kier alpha value is -0.340. The molecular weight excluding hydrogens is 168 g/mol. The fourth-order valence-electron chi connectivity index (χ4n) is 0.805. The van der Waals surface area contributed by atoms with Gasteiger partial charge in [0, 0.05) is 11.3 Å². The van der Waals surface area contributed by atoms with Gasteiger partial charge in [0.1, 0.15) is 0 Å². The predicted octanol–water partition coefficient (Wildman–Crippen LogP) is 3.09. The Bertz CT molecular complexity index is 170. The minimum Gasteiger partial charge on any atom is -0.393 e. The van der Waals surface area contributed by atoms with Crippen LogP contribution in [-0.4, -0.2) is 11.2 Å². The fourth-order valence-corrected chi connectivity index (χ4v) is 1.58. The summed E-state index contributed by atoms with van der Waals surface area (Å²) in [6.07, 6.45) is 1.50. The first-order valence-corrected chi connectivity index (χ1v) is 5.41. The molecule has 1 heterocycles. The number of hydrogen-bond acceptors (Lipinski definition) is 2. The molecule has 0 aliphatic heterocycles. The van der Waals surface area contributed by atoms with Gasteiger partial charge in [-0.25, -0.2) is 0 Å². The predicted molar refractivity (Wildman–Crippen MR) is 55.7 cm³/mol. The summed E-state index contributed by atoms with van der Waals surface area (Å²) in [5.41, 5.74) is 0. The highest BCUT2D eigenvalue weighted by Crippen LogP contribution is 2.11. The van der Waals surface area contributed by atoms with Crippen molar-refractivity contribution < 1.29 is 5.11 Å². The van der Waals surface area contributed by atoms with Gasteiger partial charge in [-0.3, -0.25) is 0 Å². The van der Waals surface area contributed by atoms with Gasteiger partial charge >= 0.3 is 0 Å². The van der Waals surface area contributed by atoms with Crippen molar-refractivity contribution in [1.29, 1.82) is 0 Å². The molecule has 70 valence electrons. The molecule has 0 bridgehead atoms. The van der Waals surface area contributed by atoms with Crippen molar-refractivity contribution >= 4 is 11.3 Å². The Kier molecular flexibility index (Phi) is 7.11. The van der Waals surface area contributed by atoms with Gasteiger partial charge in [-0.15, -0.1) is 11.3 Å². The maximum absolute atomic E-state index is 9.24. The van der Waals surface area contributed by atoms with Crippen LogP contribution in [0.3, 0.4) is 0 Å². The SMILES string of the molecule is CC.CCC(O)Cc1cccs1. The van der Waals surface area contributed by atoms with Crippen LogP contribution in [0.2, 0.25) is 0 Å². The zero-order chi connectivity index (χ0) is 9.40. The van der Waals surface area contributed by atoms with Gasteiger partial charge in [-0.1, -0.05) is 26.8 Å². The molecule has 0 spiro atoms. The van der Waals surface area contributed by atoms with Gasteiger partial charge in [-0.2, -0.15) is 0 Å². The van der Waals surface area contributed by atoms with Crippen LogP contribution in [0.5, 0.6) is 0 Å². The zero-order valence-electron chi connectivity index (χ0n) is 8.08. The molecule has 1 N–H and O–H groups in total. The summed E-state index contributed by atoms with van der Waals surface area (Å²) in [5, 5.41) is 11.3. The Morgan fingerprint density at radius 3 is 2.58 bits per heavy atom. The lowest BCUT2D eigenvalue weighted by Crippen LogP contribution is -2.06. The van der Waals surface area contributed by atoms with E-state index in [1.807, 2.05) is 32.2 Å². The second kappa shape index (κ2) is 7.32. The molecule has 1 atom stereocenters. The van der Waals surface area contributed by atoms with Crippen LogP contribution in [0.25, 0.3) is 0 Å². The van der Waals surface area contributed by atoms with Crippen molar-refractivity contribution in [2.75, 3.05) is 0 Å². The first-order valence-electron chi connectivity index (χ1n) is 4.53. The molecule has 1 rings (SSSR count). The van der Waals surface area contributed by atoms with Gasteiger partial charge in [0.25, 0.3) is 0 Å². The first-order chi connectivity index (χ1) is 5.83. The third-order valence-corrected chi connectivity index (χ3v) is 2.39. The molecule has 0 aliphatic carbocycles. The van der Waals surface area contributed by atoms with E-state index < -0.39 is 0 Å². The van der Waals surface area contributed by atoms with E-state index in [9.17, 15) is 5.11 Å². The second-order valence-electron chi connectivity index (χ2n) is 2.35. The van der Waals surface area contributed by atoms with Crippen LogP contribution in [-0.2, 0) is 6.42 Å². The second-order valence-corrected chi connectivity index (χ2v) is 3.38. The molecule has 0 saturated carbocycles. The Balaban J connectivity index is 0.000000561. The molecule has 1 unspecified atom stereocenters. The standard InChI is InChI=1S/C8H12OS.C2H6/c1-2-7(9)6-8-4-3-5-10-8;1-2/h3-5,7,9H,2,6H2,1H3;1-2H3.